The van der Waals surface area contributed by atoms with Gasteiger partial charge < -0.3 is 14.8 Å². The van der Waals surface area contributed by atoms with Crippen LogP contribution in [0.5, 0.6) is 11.5 Å². The van der Waals surface area contributed by atoms with Gasteiger partial charge in [-0.2, -0.15) is 9.78 Å². The molecule has 136 valence electrons. The molecule has 0 atom stereocenters. The van der Waals surface area contributed by atoms with Gasteiger partial charge in [-0.15, -0.1) is 0 Å². The number of aromatic amines is 1. The Morgan fingerprint density at radius 1 is 1.30 bits per heavy atom. The predicted molar refractivity (Wildman–Crippen MR) is 105 cm³/mol. The number of aromatic hydroxyl groups is 1. The number of methoxy groups -OCH3 is 1. The van der Waals surface area contributed by atoms with Crippen molar-refractivity contribution in [3.8, 4) is 11.5 Å². The van der Waals surface area contributed by atoms with Crippen molar-refractivity contribution in [3.05, 3.63) is 63.2 Å². The van der Waals surface area contributed by atoms with Crippen LogP contribution in [0.3, 0.4) is 0 Å². The second-order valence-electron chi connectivity index (χ2n) is 5.99. The summed E-state index contributed by atoms with van der Waals surface area (Å²) < 4.78 is 6.30. The smallest absolute Gasteiger partial charge is 0.298 e. The van der Waals surface area contributed by atoms with Gasteiger partial charge in [-0.1, -0.05) is 11.6 Å². The van der Waals surface area contributed by atoms with Gasteiger partial charge in [0.25, 0.3) is 5.56 Å². The maximum absolute atomic E-state index is 12.9. The highest BCUT2D eigenvalue weighted by atomic mass is 35.5. The van der Waals surface area contributed by atoms with E-state index < -0.39 is 0 Å². The van der Waals surface area contributed by atoms with E-state index in [1.807, 2.05) is 6.07 Å². The van der Waals surface area contributed by atoms with Crippen molar-refractivity contribution in [1.82, 2.24) is 14.6 Å². The molecule has 0 saturated carbocycles. The van der Waals surface area contributed by atoms with Crippen LogP contribution in [0, 0.1) is 6.92 Å². The number of rotatable bonds is 3. The lowest BCUT2D eigenvalue weighted by atomic mass is 10.2. The number of nitrogens with one attached hydrogen (secondary N) is 1. The zero-order valence-corrected chi connectivity index (χ0v) is 15.3. The Balaban J connectivity index is 1.85. The maximum Gasteiger partial charge on any atom is 0.298 e. The molecule has 2 N–H and O–H groups in total. The third-order valence-corrected chi connectivity index (χ3v) is 4.48. The number of aromatic nitrogens is 3. The van der Waals surface area contributed by atoms with Gasteiger partial charge in [-0.05, 0) is 48.9 Å². The van der Waals surface area contributed by atoms with E-state index in [1.165, 1.54) is 24.1 Å². The fourth-order valence-corrected chi connectivity index (χ4v) is 3.09. The van der Waals surface area contributed by atoms with E-state index in [9.17, 15) is 9.90 Å². The summed E-state index contributed by atoms with van der Waals surface area (Å²) in [5.74, 6) is 0.794. The zero-order chi connectivity index (χ0) is 19.1. The number of phenols is 1. The SMILES string of the molecule is COc1cc(/C=N\n2c(C)nc3c([nH]c4ccc(Cl)cc43)c2=O)ccc1O. The highest BCUT2D eigenvalue weighted by Gasteiger charge is 2.13. The Kier molecular flexibility index (Phi) is 4.08. The standard InChI is InChI=1S/C19H15ClN4O3/c1-10-22-17-13-8-12(20)4-5-14(13)23-18(17)19(26)24(10)21-9-11-3-6-15(25)16(7-11)27-2/h3-9,23,25H,1-2H3/b21-9-. The number of fused-ring (bicyclic) bond motifs is 3. The molecule has 7 nitrogen and oxygen atoms in total. The number of phenolic OH excluding ortho intramolecular Hbond substituents is 1. The van der Waals surface area contributed by atoms with Gasteiger partial charge in [0, 0.05) is 15.9 Å². The first-order valence-corrected chi connectivity index (χ1v) is 8.47. The summed E-state index contributed by atoms with van der Waals surface area (Å²) in [6.45, 7) is 1.71. The largest absolute Gasteiger partial charge is 0.504 e. The lowest BCUT2D eigenvalue weighted by Crippen LogP contribution is -2.20. The van der Waals surface area contributed by atoms with Crippen molar-refractivity contribution in [2.75, 3.05) is 7.11 Å². The van der Waals surface area contributed by atoms with E-state index in [4.69, 9.17) is 16.3 Å². The number of ether oxygens (including phenoxy) is 1. The number of nitrogens with zero attached hydrogens (tertiary/aromatic N) is 3. The molecular weight excluding hydrogens is 368 g/mol. The number of benzene rings is 2. The summed E-state index contributed by atoms with van der Waals surface area (Å²) in [4.78, 5) is 20.5. The molecule has 0 unspecified atom stereocenters. The second kappa shape index (κ2) is 6.44. The Morgan fingerprint density at radius 2 is 2.11 bits per heavy atom. The molecule has 0 aliphatic rings. The summed E-state index contributed by atoms with van der Waals surface area (Å²) in [6.07, 6.45) is 1.50. The minimum Gasteiger partial charge on any atom is -0.504 e. The number of hydrogen-bond donors (Lipinski definition) is 2. The number of hydrogen-bond acceptors (Lipinski definition) is 5. The van der Waals surface area contributed by atoms with Crippen LogP contribution in [0.1, 0.15) is 11.4 Å². The number of aryl methyl sites for hydroxylation is 1. The van der Waals surface area contributed by atoms with E-state index >= 15 is 0 Å². The van der Waals surface area contributed by atoms with E-state index in [1.54, 1.807) is 31.2 Å². The summed E-state index contributed by atoms with van der Waals surface area (Å²) in [7, 11) is 1.46. The minimum absolute atomic E-state index is 0.0304. The Morgan fingerprint density at radius 3 is 2.89 bits per heavy atom. The molecule has 27 heavy (non-hydrogen) atoms. The van der Waals surface area contributed by atoms with Crippen LogP contribution < -0.4 is 10.3 Å². The van der Waals surface area contributed by atoms with Crippen LogP contribution in [0.2, 0.25) is 5.02 Å². The van der Waals surface area contributed by atoms with Crippen LogP contribution in [0.25, 0.3) is 21.9 Å². The first-order chi connectivity index (χ1) is 13.0. The molecular formula is C19H15ClN4O3. The topological polar surface area (TPSA) is 92.5 Å². The lowest BCUT2D eigenvalue weighted by Gasteiger charge is -2.05. The summed E-state index contributed by atoms with van der Waals surface area (Å²) >= 11 is 6.06. The molecule has 4 rings (SSSR count). The van der Waals surface area contributed by atoms with E-state index in [0.29, 0.717) is 33.2 Å². The fraction of sp³-hybridized carbons (Fsp3) is 0.105. The molecule has 2 aromatic heterocycles. The van der Waals surface area contributed by atoms with Gasteiger partial charge in [-0.3, -0.25) is 4.79 Å². The normalized spacial score (nSPS) is 11.7. The van der Waals surface area contributed by atoms with Gasteiger partial charge in [0.15, 0.2) is 11.5 Å². The average molecular weight is 383 g/mol. The molecule has 0 aliphatic heterocycles. The molecule has 8 heteroatoms. The highest BCUT2D eigenvalue weighted by Crippen LogP contribution is 2.26. The van der Waals surface area contributed by atoms with Gasteiger partial charge in [0.05, 0.1) is 13.3 Å². The zero-order valence-electron chi connectivity index (χ0n) is 14.5. The van der Waals surface area contributed by atoms with Crippen LogP contribution >= 0.6 is 11.6 Å². The average Bonchev–Trinajstić information content (AvgIpc) is 3.01. The van der Waals surface area contributed by atoms with Gasteiger partial charge in [-0.25, -0.2) is 4.98 Å². The third-order valence-electron chi connectivity index (χ3n) is 4.25. The molecule has 0 fully saturated rings. The number of H-pyrrole nitrogens is 1. The number of halogens is 1. The van der Waals surface area contributed by atoms with Crippen molar-refractivity contribution in [2.24, 2.45) is 5.10 Å². The first-order valence-electron chi connectivity index (χ1n) is 8.10. The van der Waals surface area contributed by atoms with Crippen molar-refractivity contribution in [1.29, 1.82) is 0 Å². The molecule has 0 spiro atoms. The molecule has 0 amide bonds. The first kappa shape index (κ1) is 17.1. The maximum atomic E-state index is 12.9. The Hall–Kier alpha value is -3.32. The quantitative estimate of drug-likeness (QED) is 0.531. The van der Waals surface area contributed by atoms with Crippen LogP contribution in [0.15, 0.2) is 46.3 Å². The van der Waals surface area contributed by atoms with Crippen LogP contribution in [0.4, 0.5) is 0 Å². The van der Waals surface area contributed by atoms with Gasteiger partial charge in [0.1, 0.15) is 16.9 Å². The van der Waals surface area contributed by atoms with E-state index in [0.717, 1.165) is 10.9 Å². The van der Waals surface area contributed by atoms with E-state index in [-0.39, 0.29) is 11.3 Å². The molecule has 2 heterocycles. The minimum atomic E-state index is -0.313. The molecule has 2 aromatic carbocycles. The van der Waals surface area contributed by atoms with Crippen molar-refractivity contribution < 1.29 is 9.84 Å². The Labute approximate surface area is 158 Å². The molecule has 0 radical (unpaired) electrons. The summed E-state index contributed by atoms with van der Waals surface area (Å²) in [6, 6.07) is 10.1. The third kappa shape index (κ3) is 2.92. The Bertz CT molecular complexity index is 1270. The van der Waals surface area contributed by atoms with Crippen LogP contribution in [-0.2, 0) is 0 Å². The molecule has 4 aromatic rings. The fourth-order valence-electron chi connectivity index (χ4n) is 2.92. The molecule has 0 bridgehead atoms. The highest BCUT2D eigenvalue weighted by molar-refractivity contribution is 6.31. The second-order valence-corrected chi connectivity index (χ2v) is 6.43. The monoisotopic (exact) mass is 382 g/mol. The van der Waals surface area contributed by atoms with Gasteiger partial charge >= 0.3 is 0 Å². The summed E-state index contributed by atoms with van der Waals surface area (Å²) in [5.41, 5.74) is 2.06. The molecule has 0 saturated heterocycles. The van der Waals surface area contributed by atoms with Crippen molar-refractivity contribution in [3.63, 3.8) is 0 Å². The van der Waals surface area contributed by atoms with E-state index in [2.05, 4.69) is 15.1 Å². The van der Waals surface area contributed by atoms with Crippen LogP contribution in [-0.4, -0.2) is 33.1 Å². The van der Waals surface area contributed by atoms with Crippen molar-refractivity contribution >= 4 is 39.8 Å². The molecule has 0 aliphatic carbocycles. The van der Waals surface area contributed by atoms with Crippen molar-refractivity contribution in [2.45, 2.75) is 6.92 Å². The lowest BCUT2D eigenvalue weighted by molar-refractivity contribution is 0.373. The summed E-state index contributed by atoms with van der Waals surface area (Å²) in [5, 5.41) is 15.3. The van der Waals surface area contributed by atoms with Gasteiger partial charge in [0.2, 0.25) is 0 Å². The predicted octanol–water partition coefficient (Wildman–Crippen LogP) is 3.44.